The van der Waals surface area contributed by atoms with E-state index >= 15 is 0 Å². The molecule has 22 heavy (non-hydrogen) atoms. The van der Waals surface area contributed by atoms with Gasteiger partial charge in [-0.2, -0.15) is 0 Å². The number of nitrogens with two attached hydrogens (primary N) is 1. The van der Waals surface area contributed by atoms with E-state index in [9.17, 15) is 4.79 Å². The molecule has 0 saturated carbocycles. The van der Waals surface area contributed by atoms with Crippen molar-refractivity contribution in [1.82, 2.24) is 0 Å². The third kappa shape index (κ3) is 4.63. The van der Waals surface area contributed by atoms with Crippen molar-refractivity contribution in [3.05, 3.63) is 62.0 Å². The highest BCUT2D eigenvalue weighted by atomic mass is 79.9. The molecule has 1 amide bonds. The van der Waals surface area contributed by atoms with Crippen molar-refractivity contribution in [1.29, 1.82) is 0 Å². The number of carbonyl (C=O) groups excluding carboxylic acids is 1. The summed E-state index contributed by atoms with van der Waals surface area (Å²) in [6.45, 7) is 0.318. The predicted molar refractivity (Wildman–Crippen MR) is 92.5 cm³/mol. The zero-order valence-corrected chi connectivity index (χ0v) is 14.7. The highest BCUT2D eigenvalue weighted by Crippen LogP contribution is 2.35. The highest BCUT2D eigenvalue weighted by molar-refractivity contribution is 9.10. The van der Waals surface area contributed by atoms with Gasteiger partial charge in [0.05, 0.1) is 9.50 Å². The molecule has 0 aliphatic heterocycles. The number of benzene rings is 2. The Morgan fingerprint density at radius 3 is 2.55 bits per heavy atom. The van der Waals surface area contributed by atoms with Crippen LogP contribution in [0.3, 0.4) is 0 Å². The quantitative estimate of drug-likeness (QED) is 0.757. The van der Waals surface area contributed by atoms with Crippen LogP contribution in [0.25, 0.3) is 0 Å². The third-order valence-corrected chi connectivity index (χ3v) is 4.29. The molecule has 0 aliphatic rings. The van der Waals surface area contributed by atoms with Crippen molar-refractivity contribution in [3.8, 4) is 5.75 Å². The van der Waals surface area contributed by atoms with Crippen LogP contribution in [0.4, 0.5) is 0 Å². The molecule has 2 aromatic carbocycles. The second-order valence-electron chi connectivity index (χ2n) is 4.73. The largest absolute Gasteiger partial charge is 0.486 e. The van der Waals surface area contributed by atoms with Crippen LogP contribution in [-0.2, 0) is 17.8 Å². The van der Waals surface area contributed by atoms with E-state index in [2.05, 4.69) is 15.9 Å². The van der Waals surface area contributed by atoms with Gasteiger partial charge >= 0.3 is 0 Å². The third-order valence-electron chi connectivity index (χ3n) is 3.05. The van der Waals surface area contributed by atoms with Crippen molar-refractivity contribution in [2.45, 2.75) is 19.4 Å². The Morgan fingerprint density at radius 2 is 1.91 bits per heavy atom. The minimum absolute atomic E-state index is 0.280. The van der Waals surface area contributed by atoms with Gasteiger partial charge in [-0.05, 0) is 46.1 Å². The van der Waals surface area contributed by atoms with Crippen molar-refractivity contribution in [2.75, 3.05) is 0 Å². The summed E-state index contributed by atoms with van der Waals surface area (Å²) in [5.41, 5.74) is 6.95. The van der Waals surface area contributed by atoms with Crippen LogP contribution < -0.4 is 10.5 Å². The van der Waals surface area contributed by atoms with Gasteiger partial charge in [0, 0.05) is 17.0 Å². The first kappa shape index (κ1) is 17.1. The molecule has 0 bridgehead atoms. The lowest BCUT2D eigenvalue weighted by Crippen LogP contribution is -2.11. The monoisotopic (exact) mass is 401 g/mol. The van der Waals surface area contributed by atoms with Gasteiger partial charge < -0.3 is 10.5 Å². The first-order valence-electron chi connectivity index (χ1n) is 6.60. The Bertz CT molecular complexity index is 669. The molecule has 0 spiro atoms. The Balaban J connectivity index is 2.11. The molecule has 0 heterocycles. The summed E-state index contributed by atoms with van der Waals surface area (Å²) >= 11 is 15.8. The molecule has 3 nitrogen and oxygen atoms in total. The van der Waals surface area contributed by atoms with E-state index in [4.69, 9.17) is 33.7 Å². The molecule has 0 fully saturated rings. The molecule has 0 aliphatic carbocycles. The molecule has 0 unspecified atom stereocenters. The summed E-state index contributed by atoms with van der Waals surface area (Å²) in [4.78, 5) is 10.8. The molecule has 2 aromatic rings. The molecule has 0 saturated heterocycles. The van der Waals surface area contributed by atoms with Gasteiger partial charge in [-0.1, -0.05) is 41.4 Å². The maximum absolute atomic E-state index is 10.8. The summed E-state index contributed by atoms with van der Waals surface area (Å²) in [5, 5.41) is 1.12. The van der Waals surface area contributed by atoms with Crippen LogP contribution in [0.5, 0.6) is 5.75 Å². The second-order valence-corrected chi connectivity index (χ2v) is 6.40. The lowest BCUT2D eigenvalue weighted by atomic mass is 10.1. The van der Waals surface area contributed by atoms with Gasteiger partial charge in [0.15, 0.2) is 5.75 Å². The van der Waals surface area contributed by atoms with Crippen LogP contribution in [0.1, 0.15) is 17.5 Å². The molecule has 0 aromatic heterocycles. The van der Waals surface area contributed by atoms with E-state index in [0.717, 1.165) is 15.6 Å². The molecule has 2 N–H and O–H groups in total. The van der Waals surface area contributed by atoms with Crippen molar-refractivity contribution in [3.63, 3.8) is 0 Å². The lowest BCUT2D eigenvalue weighted by molar-refractivity contribution is -0.117. The molecular weight excluding hydrogens is 389 g/mol. The number of hydrogen-bond acceptors (Lipinski definition) is 2. The van der Waals surface area contributed by atoms with Crippen LogP contribution >= 0.6 is 39.1 Å². The van der Waals surface area contributed by atoms with Crippen LogP contribution in [0.2, 0.25) is 10.0 Å². The average molecular weight is 403 g/mol. The van der Waals surface area contributed by atoms with Gasteiger partial charge in [-0.3, -0.25) is 4.79 Å². The Labute approximate surface area is 147 Å². The van der Waals surface area contributed by atoms with Crippen molar-refractivity contribution in [2.24, 2.45) is 5.73 Å². The van der Waals surface area contributed by atoms with Gasteiger partial charge in [-0.25, -0.2) is 0 Å². The number of aryl methyl sites for hydroxylation is 1. The van der Waals surface area contributed by atoms with Gasteiger partial charge in [0.1, 0.15) is 6.61 Å². The van der Waals surface area contributed by atoms with Gasteiger partial charge in [-0.15, -0.1) is 0 Å². The number of amides is 1. The predicted octanol–water partition coefficient (Wildman–Crippen LogP) is 4.75. The first-order valence-corrected chi connectivity index (χ1v) is 8.14. The zero-order valence-electron chi connectivity index (χ0n) is 11.6. The number of ether oxygens (including phenoxy) is 1. The van der Waals surface area contributed by atoms with E-state index in [0.29, 0.717) is 28.8 Å². The van der Waals surface area contributed by atoms with Crippen LogP contribution in [0, 0.1) is 0 Å². The molecule has 116 valence electrons. The zero-order chi connectivity index (χ0) is 16.1. The van der Waals surface area contributed by atoms with Gasteiger partial charge in [0.2, 0.25) is 5.91 Å². The number of rotatable bonds is 6. The average Bonchev–Trinajstić information content (AvgIpc) is 2.46. The summed E-state index contributed by atoms with van der Waals surface area (Å²) < 4.78 is 6.49. The van der Waals surface area contributed by atoms with E-state index in [1.54, 1.807) is 6.07 Å². The van der Waals surface area contributed by atoms with Crippen molar-refractivity contribution < 1.29 is 9.53 Å². The fourth-order valence-electron chi connectivity index (χ4n) is 1.93. The maximum atomic E-state index is 10.8. The number of halogens is 3. The topological polar surface area (TPSA) is 52.3 Å². The summed E-state index contributed by atoms with van der Waals surface area (Å²) in [6.07, 6.45) is 0.820. The van der Waals surface area contributed by atoms with Crippen LogP contribution in [0.15, 0.2) is 40.9 Å². The standard InChI is InChI=1S/C16H14BrCl2NO2/c17-12-7-10(5-6-15(20)21)8-14(19)16(12)22-9-11-3-1-2-4-13(11)18/h1-4,7-8H,5-6,9H2,(H2,20,21). The Hall–Kier alpha value is -1.23. The molecule has 6 heteroatoms. The van der Waals surface area contributed by atoms with E-state index < -0.39 is 0 Å². The summed E-state index contributed by atoms with van der Waals surface area (Å²) in [7, 11) is 0. The minimum Gasteiger partial charge on any atom is -0.486 e. The lowest BCUT2D eigenvalue weighted by Gasteiger charge is -2.12. The smallest absolute Gasteiger partial charge is 0.217 e. The normalized spacial score (nSPS) is 10.5. The first-order chi connectivity index (χ1) is 10.5. The van der Waals surface area contributed by atoms with Crippen molar-refractivity contribution >= 4 is 45.0 Å². The number of primary amides is 1. The highest BCUT2D eigenvalue weighted by Gasteiger charge is 2.11. The summed E-state index contributed by atoms with van der Waals surface area (Å²) in [5.74, 6) is 0.204. The number of hydrogen-bond donors (Lipinski definition) is 1. The van der Waals surface area contributed by atoms with E-state index in [1.807, 2.05) is 30.3 Å². The Kier molecular flexibility index (Phi) is 6.12. The van der Waals surface area contributed by atoms with Gasteiger partial charge in [0.25, 0.3) is 0 Å². The fraction of sp³-hybridized carbons (Fsp3) is 0.188. The fourth-order valence-corrected chi connectivity index (χ4v) is 3.15. The SMILES string of the molecule is NC(=O)CCc1cc(Cl)c(OCc2ccccc2Cl)c(Br)c1. The number of carbonyl (C=O) groups is 1. The Morgan fingerprint density at radius 1 is 1.18 bits per heavy atom. The summed E-state index contributed by atoms with van der Waals surface area (Å²) in [6, 6.07) is 11.1. The molecule has 2 rings (SSSR count). The van der Waals surface area contributed by atoms with E-state index in [-0.39, 0.29) is 12.3 Å². The van der Waals surface area contributed by atoms with E-state index in [1.165, 1.54) is 0 Å². The molecular formula is C16H14BrCl2NO2. The minimum atomic E-state index is -0.341. The second kappa shape index (κ2) is 7.86. The maximum Gasteiger partial charge on any atom is 0.217 e. The molecule has 0 atom stereocenters. The molecule has 0 radical (unpaired) electrons. The van der Waals surface area contributed by atoms with Crippen LogP contribution in [-0.4, -0.2) is 5.91 Å².